The van der Waals surface area contributed by atoms with E-state index in [0.29, 0.717) is 21.0 Å². The molecule has 10 heteroatoms. The highest BCUT2D eigenvalue weighted by Gasteiger charge is 2.23. The maximum Gasteiger partial charge on any atom is 0.268 e. The van der Waals surface area contributed by atoms with Crippen LogP contribution in [0.5, 0.6) is 0 Å². The SMILES string of the molecule is Cc1cccc(NS(=O)(=O)c2cc(-c3nc(-c4ccc(F)cc4)no3)sc2C)n1. The van der Waals surface area contributed by atoms with Crippen molar-refractivity contribution in [3.8, 4) is 22.2 Å². The minimum Gasteiger partial charge on any atom is -0.333 e. The summed E-state index contributed by atoms with van der Waals surface area (Å²) in [7, 11) is -3.83. The van der Waals surface area contributed by atoms with E-state index < -0.39 is 10.0 Å². The Labute approximate surface area is 170 Å². The zero-order chi connectivity index (χ0) is 20.6. The van der Waals surface area contributed by atoms with Crippen LogP contribution in [0.25, 0.3) is 22.2 Å². The third-order valence-electron chi connectivity index (χ3n) is 4.03. The predicted octanol–water partition coefficient (Wildman–Crippen LogP) is 4.42. The van der Waals surface area contributed by atoms with Crippen molar-refractivity contribution in [1.82, 2.24) is 15.1 Å². The molecule has 0 aliphatic carbocycles. The van der Waals surface area contributed by atoms with Crippen LogP contribution in [0.3, 0.4) is 0 Å². The van der Waals surface area contributed by atoms with Crippen LogP contribution in [0, 0.1) is 19.7 Å². The summed E-state index contributed by atoms with van der Waals surface area (Å²) >= 11 is 1.22. The minimum absolute atomic E-state index is 0.113. The first-order valence-corrected chi connectivity index (χ1v) is 10.8. The van der Waals surface area contributed by atoms with Crippen molar-refractivity contribution in [2.75, 3.05) is 4.72 Å². The number of benzene rings is 1. The van der Waals surface area contributed by atoms with Crippen molar-refractivity contribution >= 4 is 27.2 Å². The first kappa shape index (κ1) is 19.2. The molecule has 4 rings (SSSR count). The smallest absolute Gasteiger partial charge is 0.268 e. The number of thiophene rings is 1. The lowest BCUT2D eigenvalue weighted by atomic mass is 10.2. The Morgan fingerprint density at radius 2 is 1.83 bits per heavy atom. The van der Waals surface area contributed by atoms with Gasteiger partial charge >= 0.3 is 0 Å². The maximum atomic E-state index is 13.1. The van der Waals surface area contributed by atoms with Gasteiger partial charge < -0.3 is 4.52 Å². The van der Waals surface area contributed by atoms with Crippen LogP contribution in [0.15, 0.2) is 57.9 Å². The van der Waals surface area contributed by atoms with Gasteiger partial charge in [0.2, 0.25) is 5.82 Å². The van der Waals surface area contributed by atoms with Crippen molar-refractivity contribution in [2.45, 2.75) is 18.7 Å². The summed E-state index contributed by atoms with van der Waals surface area (Å²) in [5.41, 5.74) is 1.29. The van der Waals surface area contributed by atoms with Crippen LogP contribution in [0.1, 0.15) is 10.6 Å². The highest BCUT2D eigenvalue weighted by molar-refractivity contribution is 7.93. The van der Waals surface area contributed by atoms with Crippen molar-refractivity contribution in [1.29, 1.82) is 0 Å². The molecule has 1 aromatic carbocycles. The molecular weight excluding hydrogens is 415 g/mol. The van der Waals surface area contributed by atoms with Gasteiger partial charge in [-0.05, 0) is 56.3 Å². The van der Waals surface area contributed by atoms with Crippen LogP contribution < -0.4 is 4.72 Å². The molecule has 0 amide bonds. The summed E-state index contributed by atoms with van der Waals surface area (Å²) in [6.07, 6.45) is 0. The Morgan fingerprint density at radius 1 is 1.07 bits per heavy atom. The van der Waals surface area contributed by atoms with E-state index in [4.69, 9.17) is 4.52 Å². The number of rotatable bonds is 5. The second-order valence-electron chi connectivity index (χ2n) is 6.23. The summed E-state index contributed by atoms with van der Waals surface area (Å²) in [5.74, 6) is 0.357. The Morgan fingerprint density at radius 3 is 2.55 bits per heavy atom. The van der Waals surface area contributed by atoms with Crippen molar-refractivity contribution in [2.24, 2.45) is 0 Å². The topological polar surface area (TPSA) is 98.0 Å². The third kappa shape index (κ3) is 4.03. The monoisotopic (exact) mass is 430 g/mol. The molecule has 0 spiro atoms. The van der Waals surface area contributed by atoms with E-state index in [1.807, 2.05) is 0 Å². The largest absolute Gasteiger partial charge is 0.333 e. The van der Waals surface area contributed by atoms with E-state index >= 15 is 0 Å². The van der Waals surface area contributed by atoms with Crippen LogP contribution in [-0.2, 0) is 10.0 Å². The number of anilines is 1. The Kier molecular flexibility index (Phi) is 4.89. The normalized spacial score (nSPS) is 11.6. The van der Waals surface area contributed by atoms with Crippen LogP contribution in [-0.4, -0.2) is 23.5 Å². The number of pyridine rings is 1. The molecule has 0 saturated carbocycles. The summed E-state index contributed by atoms with van der Waals surface area (Å²) in [6.45, 7) is 3.48. The number of aromatic nitrogens is 3. The molecule has 7 nitrogen and oxygen atoms in total. The summed E-state index contributed by atoms with van der Waals surface area (Å²) in [5, 5.41) is 3.89. The molecule has 0 aliphatic heterocycles. The first-order chi connectivity index (χ1) is 13.8. The molecule has 0 saturated heterocycles. The zero-order valence-corrected chi connectivity index (χ0v) is 17.0. The summed E-state index contributed by atoms with van der Waals surface area (Å²) in [6, 6.07) is 12.3. The number of sulfonamides is 1. The molecule has 29 heavy (non-hydrogen) atoms. The number of nitrogens with zero attached hydrogens (tertiary/aromatic N) is 3. The maximum absolute atomic E-state index is 13.1. The van der Waals surface area contributed by atoms with E-state index in [2.05, 4.69) is 19.8 Å². The van der Waals surface area contributed by atoms with Gasteiger partial charge in [-0.15, -0.1) is 11.3 Å². The Bertz CT molecular complexity index is 1280. The Hall–Kier alpha value is -3.11. The second kappa shape index (κ2) is 7.37. The molecule has 148 valence electrons. The average Bonchev–Trinajstić information content (AvgIpc) is 3.29. The summed E-state index contributed by atoms with van der Waals surface area (Å²) in [4.78, 5) is 9.66. The lowest BCUT2D eigenvalue weighted by molar-refractivity contribution is 0.433. The Balaban J connectivity index is 1.63. The molecule has 4 aromatic rings. The van der Waals surface area contributed by atoms with Gasteiger partial charge in [0.25, 0.3) is 15.9 Å². The van der Waals surface area contributed by atoms with Crippen molar-refractivity contribution in [3.05, 3.63) is 64.9 Å². The fourth-order valence-corrected chi connectivity index (χ4v) is 5.19. The minimum atomic E-state index is -3.83. The van der Waals surface area contributed by atoms with E-state index in [1.54, 1.807) is 32.0 Å². The van der Waals surface area contributed by atoms with E-state index in [0.717, 1.165) is 0 Å². The van der Waals surface area contributed by atoms with E-state index in [1.165, 1.54) is 41.7 Å². The molecule has 1 N–H and O–H groups in total. The molecule has 3 aromatic heterocycles. The molecule has 3 heterocycles. The van der Waals surface area contributed by atoms with Crippen LogP contribution >= 0.6 is 11.3 Å². The predicted molar refractivity (Wildman–Crippen MR) is 108 cm³/mol. The van der Waals surface area contributed by atoms with Gasteiger partial charge in [-0.25, -0.2) is 17.8 Å². The van der Waals surface area contributed by atoms with Gasteiger partial charge in [-0.2, -0.15) is 4.98 Å². The number of aryl methyl sites for hydroxylation is 2. The zero-order valence-electron chi connectivity index (χ0n) is 15.4. The van der Waals surface area contributed by atoms with Crippen molar-refractivity contribution < 1.29 is 17.3 Å². The number of hydrogen-bond donors (Lipinski definition) is 1. The third-order valence-corrected chi connectivity index (χ3v) is 6.68. The van der Waals surface area contributed by atoms with E-state index in [9.17, 15) is 12.8 Å². The first-order valence-electron chi connectivity index (χ1n) is 8.49. The lowest BCUT2D eigenvalue weighted by Gasteiger charge is -2.07. The number of hydrogen-bond acceptors (Lipinski definition) is 7. The molecular formula is C19H15FN4O3S2. The number of nitrogens with one attached hydrogen (secondary N) is 1. The fourth-order valence-electron chi connectivity index (χ4n) is 2.67. The highest BCUT2D eigenvalue weighted by atomic mass is 32.2. The second-order valence-corrected chi connectivity index (χ2v) is 9.14. The van der Waals surface area contributed by atoms with Gasteiger partial charge in [0.05, 0.1) is 4.88 Å². The molecule has 0 fully saturated rings. The highest BCUT2D eigenvalue weighted by Crippen LogP contribution is 2.34. The van der Waals surface area contributed by atoms with Gasteiger partial charge in [0.1, 0.15) is 16.5 Å². The summed E-state index contributed by atoms with van der Waals surface area (Å²) < 4.78 is 46.4. The quantitative estimate of drug-likeness (QED) is 0.503. The molecule has 0 unspecified atom stereocenters. The van der Waals surface area contributed by atoms with Gasteiger partial charge in [0.15, 0.2) is 0 Å². The fraction of sp³-hybridized carbons (Fsp3) is 0.105. The van der Waals surface area contributed by atoms with E-state index in [-0.39, 0.29) is 28.2 Å². The van der Waals surface area contributed by atoms with Gasteiger partial charge in [-0.3, -0.25) is 4.72 Å². The molecule has 0 radical (unpaired) electrons. The van der Waals surface area contributed by atoms with Gasteiger partial charge in [0, 0.05) is 16.1 Å². The van der Waals surface area contributed by atoms with Crippen LogP contribution in [0.4, 0.5) is 10.2 Å². The van der Waals surface area contributed by atoms with Crippen LogP contribution in [0.2, 0.25) is 0 Å². The van der Waals surface area contributed by atoms with Crippen molar-refractivity contribution in [3.63, 3.8) is 0 Å². The average molecular weight is 430 g/mol. The molecule has 0 bridgehead atoms. The lowest BCUT2D eigenvalue weighted by Crippen LogP contribution is -2.14. The standard InChI is InChI=1S/C19H15FN4O3S2/c1-11-4-3-5-17(21-11)24-29(25,26)16-10-15(28-12(16)2)19-22-18(23-27-19)13-6-8-14(20)9-7-13/h3-10H,1-2H3,(H,21,24). The van der Waals surface area contributed by atoms with Gasteiger partial charge in [-0.1, -0.05) is 11.2 Å². The molecule has 0 aliphatic rings. The number of halogens is 1. The molecule has 0 atom stereocenters.